The lowest BCUT2D eigenvalue weighted by Crippen LogP contribution is -2.46. The molecule has 3 nitrogen and oxygen atoms in total. The Morgan fingerprint density at radius 3 is 2.52 bits per heavy atom. The van der Waals surface area contributed by atoms with Crippen LogP contribution in [0.1, 0.15) is 44.1 Å². The van der Waals surface area contributed by atoms with E-state index in [4.69, 9.17) is 5.73 Å². The highest BCUT2D eigenvalue weighted by Crippen LogP contribution is 2.43. The van der Waals surface area contributed by atoms with Crippen LogP contribution in [-0.4, -0.2) is 18.5 Å². The molecule has 2 atom stereocenters. The van der Waals surface area contributed by atoms with Crippen molar-refractivity contribution in [1.29, 1.82) is 0 Å². The summed E-state index contributed by atoms with van der Waals surface area (Å²) in [5, 5.41) is 3.11. The summed E-state index contributed by atoms with van der Waals surface area (Å²) in [7, 11) is 0. The van der Waals surface area contributed by atoms with Crippen LogP contribution in [0.2, 0.25) is 0 Å². The predicted molar refractivity (Wildman–Crippen MR) is 80.3 cm³/mol. The first kappa shape index (κ1) is 14.5. The molecular formula is C17H23FN2O. The van der Waals surface area contributed by atoms with Gasteiger partial charge in [-0.1, -0.05) is 18.6 Å². The summed E-state index contributed by atoms with van der Waals surface area (Å²) in [6.07, 6.45) is 5.93. The summed E-state index contributed by atoms with van der Waals surface area (Å²) in [6.45, 7) is 0.656. The van der Waals surface area contributed by atoms with E-state index >= 15 is 0 Å². The van der Waals surface area contributed by atoms with Gasteiger partial charge < -0.3 is 11.1 Å². The maximum absolute atomic E-state index is 13.1. The summed E-state index contributed by atoms with van der Waals surface area (Å²) in [6, 6.07) is 6.90. The van der Waals surface area contributed by atoms with Crippen LogP contribution in [0, 0.1) is 11.7 Å². The lowest BCUT2D eigenvalue weighted by atomic mass is 9.64. The Bertz CT molecular complexity index is 510. The van der Waals surface area contributed by atoms with E-state index in [9.17, 15) is 9.18 Å². The first-order valence-corrected chi connectivity index (χ1v) is 7.88. The van der Waals surface area contributed by atoms with Crippen molar-refractivity contribution in [2.24, 2.45) is 11.7 Å². The van der Waals surface area contributed by atoms with Crippen LogP contribution in [-0.2, 0) is 10.2 Å². The third kappa shape index (κ3) is 2.95. The van der Waals surface area contributed by atoms with Crippen LogP contribution < -0.4 is 11.1 Å². The number of benzene rings is 1. The summed E-state index contributed by atoms with van der Waals surface area (Å²) < 4.78 is 13.1. The number of carbonyl (C=O) groups is 1. The van der Waals surface area contributed by atoms with Gasteiger partial charge >= 0.3 is 0 Å². The van der Waals surface area contributed by atoms with Crippen molar-refractivity contribution in [1.82, 2.24) is 5.32 Å². The van der Waals surface area contributed by atoms with Gasteiger partial charge in [0.1, 0.15) is 5.82 Å². The molecule has 114 valence electrons. The molecule has 2 saturated carbocycles. The lowest BCUT2D eigenvalue weighted by molar-refractivity contribution is -0.125. The molecule has 21 heavy (non-hydrogen) atoms. The van der Waals surface area contributed by atoms with Gasteiger partial charge in [0.15, 0.2) is 0 Å². The SMILES string of the molecule is NC1CCC(C(=O)NCC2(c3ccc(F)cc3)CCC2)C1. The van der Waals surface area contributed by atoms with Gasteiger partial charge in [-0.3, -0.25) is 4.79 Å². The fraction of sp³-hybridized carbons (Fsp3) is 0.588. The number of rotatable bonds is 4. The minimum atomic E-state index is -0.211. The van der Waals surface area contributed by atoms with Crippen LogP contribution in [0.5, 0.6) is 0 Å². The molecule has 2 aliphatic rings. The van der Waals surface area contributed by atoms with E-state index in [2.05, 4.69) is 5.32 Å². The summed E-state index contributed by atoms with van der Waals surface area (Å²) >= 11 is 0. The highest BCUT2D eigenvalue weighted by Gasteiger charge is 2.39. The Morgan fingerprint density at radius 1 is 1.29 bits per heavy atom. The van der Waals surface area contributed by atoms with E-state index < -0.39 is 0 Å². The number of nitrogens with one attached hydrogen (secondary N) is 1. The molecule has 0 spiro atoms. The number of halogens is 1. The molecule has 0 saturated heterocycles. The second-order valence-corrected chi connectivity index (χ2v) is 6.63. The van der Waals surface area contributed by atoms with Gasteiger partial charge in [-0.05, 0) is 49.8 Å². The van der Waals surface area contributed by atoms with Crippen molar-refractivity contribution in [2.45, 2.75) is 50.0 Å². The normalized spacial score (nSPS) is 27.1. The number of hydrogen-bond acceptors (Lipinski definition) is 2. The topological polar surface area (TPSA) is 55.1 Å². The Balaban J connectivity index is 1.62. The van der Waals surface area contributed by atoms with E-state index in [0.29, 0.717) is 6.54 Å². The fourth-order valence-electron chi connectivity index (χ4n) is 3.63. The molecule has 0 radical (unpaired) electrons. The predicted octanol–water partition coefficient (Wildman–Crippen LogP) is 2.49. The van der Waals surface area contributed by atoms with Crippen molar-refractivity contribution in [3.8, 4) is 0 Å². The van der Waals surface area contributed by atoms with Crippen molar-refractivity contribution < 1.29 is 9.18 Å². The van der Waals surface area contributed by atoms with Gasteiger partial charge in [-0.2, -0.15) is 0 Å². The zero-order valence-electron chi connectivity index (χ0n) is 12.3. The Labute approximate surface area is 125 Å². The van der Waals surface area contributed by atoms with Gasteiger partial charge in [0, 0.05) is 23.9 Å². The fourth-order valence-corrected chi connectivity index (χ4v) is 3.63. The molecule has 0 heterocycles. The Morgan fingerprint density at radius 2 is 2.00 bits per heavy atom. The van der Waals surface area contributed by atoms with Gasteiger partial charge in [0.25, 0.3) is 0 Å². The Hall–Kier alpha value is -1.42. The van der Waals surface area contributed by atoms with Crippen LogP contribution >= 0.6 is 0 Å². The number of carbonyl (C=O) groups excluding carboxylic acids is 1. The maximum atomic E-state index is 13.1. The van der Waals surface area contributed by atoms with Crippen molar-refractivity contribution >= 4 is 5.91 Å². The first-order valence-electron chi connectivity index (χ1n) is 7.88. The van der Waals surface area contributed by atoms with Crippen molar-refractivity contribution in [2.75, 3.05) is 6.54 Å². The second kappa shape index (κ2) is 5.76. The standard InChI is InChI=1S/C17H23FN2O/c18-14-5-3-13(4-6-14)17(8-1-9-17)11-20-16(21)12-2-7-15(19)10-12/h3-6,12,15H,1-2,7-11,19H2,(H,20,21). The smallest absolute Gasteiger partial charge is 0.223 e. The average molecular weight is 290 g/mol. The molecule has 1 amide bonds. The van der Waals surface area contributed by atoms with E-state index in [1.165, 1.54) is 18.6 Å². The molecule has 0 aliphatic heterocycles. The highest BCUT2D eigenvalue weighted by molar-refractivity contribution is 5.79. The van der Waals surface area contributed by atoms with Crippen LogP contribution in [0.3, 0.4) is 0 Å². The minimum Gasteiger partial charge on any atom is -0.355 e. The summed E-state index contributed by atoms with van der Waals surface area (Å²) in [5.41, 5.74) is 7.01. The van der Waals surface area contributed by atoms with Crippen LogP contribution in [0.25, 0.3) is 0 Å². The van der Waals surface area contributed by atoms with Gasteiger partial charge in [-0.15, -0.1) is 0 Å². The van der Waals surface area contributed by atoms with E-state index in [1.807, 2.05) is 12.1 Å². The van der Waals surface area contributed by atoms with Crippen LogP contribution in [0.15, 0.2) is 24.3 Å². The number of hydrogen-bond donors (Lipinski definition) is 2. The number of nitrogens with two attached hydrogens (primary N) is 1. The Kier molecular flexibility index (Phi) is 3.98. The highest BCUT2D eigenvalue weighted by atomic mass is 19.1. The average Bonchev–Trinajstić information content (AvgIpc) is 2.86. The first-order chi connectivity index (χ1) is 10.1. The summed E-state index contributed by atoms with van der Waals surface area (Å²) in [4.78, 5) is 12.2. The maximum Gasteiger partial charge on any atom is 0.223 e. The molecule has 4 heteroatoms. The molecule has 3 N–H and O–H groups in total. The van der Waals surface area contributed by atoms with E-state index in [-0.39, 0.29) is 29.1 Å². The van der Waals surface area contributed by atoms with E-state index in [0.717, 1.165) is 37.7 Å². The molecule has 1 aromatic rings. The molecule has 0 bridgehead atoms. The monoisotopic (exact) mass is 290 g/mol. The zero-order chi connectivity index (χ0) is 14.9. The third-order valence-corrected chi connectivity index (χ3v) is 5.21. The van der Waals surface area contributed by atoms with E-state index in [1.54, 1.807) is 0 Å². The summed E-state index contributed by atoms with van der Waals surface area (Å²) in [5.74, 6) is -0.00103. The quantitative estimate of drug-likeness (QED) is 0.895. The zero-order valence-corrected chi connectivity index (χ0v) is 12.3. The van der Waals surface area contributed by atoms with Crippen molar-refractivity contribution in [3.05, 3.63) is 35.6 Å². The largest absolute Gasteiger partial charge is 0.355 e. The van der Waals surface area contributed by atoms with Crippen LogP contribution in [0.4, 0.5) is 4.39 Å². The molecule has 3 rings (SSSR count). The van der Waals surface area contributed by atoms with Gasteiger partial charge in [-0.25, -0.2) is 4.39 Å². The molecule has 2 aliphatic carbocycles. The molecule has 2 unspecified atom stereocenters. The molecule has 2 fully saturated rings. The molecule has 0 aromatic heterocycles. The minimum absolute atomic E-state index is 0.00405. The third-order valence-electron chi connectivity index (χ3n) is 5.21. The molecular weight excluding hydrogens is 267 g/mol. The van der Waals surface area contributed by atoms with Crippen molar-refractivity contribution in [3.63, 3.8) is 0 Å². The number of amides is 1. The van der Waals surface area contributed by atoms with Gasteiger partial charge in [0.05, 0.1) is 0 Å². The van der Waals surface area contributed by atoms with Gasteiger partial charge in [0.2, 0.25) is 5.91 Å². The molecule has 1 aromatic carbocycles. The second-order valence-electron chi connectivity index (χ2n) is 6.63. The lowest BCUT2D eigenvalue weighted by Gasteiger charge is -2.42.